The quantitative estimate of drug-likeness (QED) is 0.562. The van der Waals surface area contributed by atoms with Crippen molar-refractivity contribution < 1.29 is 9.53 Å². The number of ether oxygens (including phenoxy) is 1. The minimum atomic E-state index is -0.0259. The number of halogens is 1. The molecule has 0 N–H and O–H groups in total. The van der Waals surface area contributed by atoms with E-state index in [0.29, 0.717) is 32.0 Å². The SMILES string of the molecule is O=C(c1cc(-c2ccccc2)c2cccc(I)c2n1)N1CCOCC1. The van der Waals surface area contributed by atoms with Crippen molar-refractivity contribution in [2.45, 2.75) is 0 Å². The van der Waals surface area contributed by atoms with Crippen molar-refractivity contribution in [2.24, 2.45) is 0 Å². The van der Waals surface area contributed by atoms with E-state index < -0.39 is 0 Å². The number of amides is 1. The van der Waals surface area contributed by atoms with Crippen LogP contribution in [-0.2, 0) is 4.74 Å². The average molecular weight is 444 g/mol. The Balaban J connectivity index is 1.88. The largest absolute Gasteiger partial charge is 0.378 e. The van der Waals surface area contributed by atoms with Gasteiger partial charge in [0.25, 0.3) is 5.91 Å². The van der Waals surface area contributed by atoms with Crippen LogP contribution in [0.15, 0.2) is 54.6 Å². The number of morpholine rings is 1. The van der Waals surface area contributed by atoms with Crippen molar-refractivity contribution in [3.8, 4) is 11.1 Å². The van der Waals surface area contributed by atoms with E-state index in [1.54, 1.807) is 0 Å². The van der Waals surface area contributed by atoms with Crippen molar-refractivity contribution in [3.63, 3.8) is 0 Å². The number of fused-ring (bicyclic) bond motifs is 1. The zero-order chi connectivity index (χ0) is 17.2. The summed E-state index contributed by atoms with van der Waals surface area (Å²) < 4.78 is 6.40. The van der Waals surface area contributed by atoms with Crippen molar-refractivity contribution in [1.82, 2.24) is 9.88 Å². The highest BCUT2D eigenvalue weighted by Crippen LogP contribution is 2.31. The molecule has 3 aromatic rings. The lowest BCUT2D eigenvalue weighted by Crippen LogP contribution is -2.41. The van der Waals surface area contributed by atoms with E-state index in [0.717, 1.165) is 25.6 Å². The second kappa shape index (κ2) is 7.09. The molecule has 2 heterocycles. The lowest BCUT2D eigenvalue weighted by molar-refractivity contribution is 0.0299. The van der Waals surface area contributed by atoms with Crippen LogP contribution >= 0.6 is 22.6 Å². The van der Waals surface area contributed by atoms with Crippen molar-refractivity contribution in [1.29, 1.82) is 0 Å². The number of nitrogens with zero attached hydrogens (tertiary/aromatic N) is 2. The number of pyridine rings is 1. The monoisotopic (exact) mass is 444 g/mol. The number of para-hydroxylation sites is 1. The van der Waals surface area contributed by atoms with E-state index in [4.69, 9.17) is 9.72 Å². The van der Waals surface area contributed by atoms with Crippen LogP contribution in [0.4, 0.5) is 0 Å². The molecule has 1 aliphatic heterocycles. The smallest absolute Gasteiger partial charge is 0.272 e. The van der Waals surface area contributed by atoms with E-state index >= 15 is 0 Å². The third-order valence-electron chi connectivity index (χ3n) is 4.39. The zero-order valence-corrected chi connectivity index (χ0v) is 15.8. The topological polar surface area (TPSA) is 42.4 Å². The first-order valence-corrected chi connectivity index (χ1v) is 9.33. The molecule has 1 aliphatic rings. The molecule has 4 nitrogen and oxygen atoms in total. The maximum atomic E-state index is 12.9. The fourth-order valence-corrected chi connectivity index (χ4v) is 3.73. The Morgan fingerprint density at radius 1 is 1.04 bits per heavy atom. The van der Waals surface area contributed by atoms with Gasteiger partial charge in [0, 0.05) is 22.0 Å². The second-order valence-corrected chi connectivity index (χ2v) is 7.12. The molecule has 0 saturated carbocycles. The maximum absolute atomic E-state index is 12.9. The van der Waals surface area contributed by atoms with E-state index in [1.807, 2.05) is 41.3 Å². The Kier molecular flexibility index (Phi) is 4.67. The number of aromatic nitrogens is 1. The van der Waals surface area contributed by atoms with Gasteiger partial charge in [-0.3, -0.25) is 4.79 Å². The van der Waals surface area contributed by atoms with Gasteiger partial charge in [-0.2, -0.15) is 0 Å². The Labute approximate surface area is 160 Å². The third-order valence-corrected chi connectivity index (χ3v) is 5.26. The fourth-order valence-electron chi connectivity index (χ4n) is 3.11. The molecule has 2 aromatic carbocycles. The predicted molar refractivity (Wildman–Crippen MR) is 107 cm³/mol. The molecular formula is C20H17IN2O2. The first-order valence-electron chi connectivity index (χ1n) is 8.26. The van der Waals surface area contributed by atoms with E-state index in [9.17, 15) is 4.79 Å². The first kappa shape index (κ1) is 16.5. The Morgan fingerprint density at radius 3 is 2.56 bits per heavy atom. The van der Waals surface area contributed by atoms with Gasteiger partial charge in [0.05, 0.1) is 18.7 Å². The van der Waals surface area contributed by atoms with Gasteiger partial charge in [-0.15, -0.1) is 0 Å². The standard InChI is InChI=1S/C20H17IN2O2/c21-17-8-4-7-15-16(14-5-2-1-3-6-14)13-18(22-19(15)17)20(24)23-9-11-25-12-10-23/h1-8,13H,9-12H2. The highest BCUT2D eigenvalue weighted by Gasteiger charge is 2.21. The van der Waals surface area contributed by atoms with Crippen LogP contribution in [0.5, 0.6) is 0 Å². The summed E-state index contributed by atoms with van der Waals surface area (Å²) in [6, 6.07) is 18.2. The summed E-state index contributed by atoms with van der Waals surface area (Å²) in [7, 11) is 0. The van der Waals surface area contributed by atoms with Crippen molar-refractivity contribution in [3.05, 3.63) is 63.9 Å². The van der Waals surface area contributed by atoms with Crippen LogP contribution in [0, 0.1) is 3.57 Å². The summed E-state index contributed by atoms with van der Waals surface area (Å²) in [6.45, 7) is 2.40. The van der Waals surface area contributed by atoms with Gasteiger partial charge in [0.2, 0.25) is 0 Å². The van der Waals surface area contributed by atoms with Crippen LogP contribution in [0.25, 0.3) is 22.0 Å². The van der Waals surface area contributed by atoms with Gasteiger partial charge in [-0.05, 0) is 45.9 Å². The summed E-state index contributed by atoms with van der Waals surface area (Å²) >= 11 is 2.28. The summed E-state index contributed by atoms with van der Waals surface area (Å²) in [5.41, 5.74) is 3.51. The molecule has 1 fully saturated rings. The van der Waals surface area contributed by atoms with Gasteiger partial charge >= 0.3 is 0 Å². The highest BCUT2D eigenvalue weighted by atomic mass is 127. The summed E-state index contributed by atoms with van der Waals surface area (Å²) in [5, 5.41) is 1.07. The molecule has 1 saturated heterocycles. The van der Waals surface area contributed by atoms with Gasteiger partial charge < -0.3 is 9.64 Å². The first-order chi connectivity index (χ1) is 12.2. The Hall–Kier alpha value is -1.99. The van der Waals surface area contributed by atoms with Crippen LogP contribution in [-0.4, -0.2) is 42.1 Å². The molecule has 0 spiro atoms. The second-order valence-electron chi connectivity index (χ2n) is 5.96. The Morgan fingerprint density at radius 2 is 1.80 bits per heavy atom. The van der Waals surface area contributed by atoms with Gasteiger partial charge in [0.15, 0.2) is 0 Å². The van der Waals surface area contributed by atoms with E-state index in [1.165, 1.54) is 0 Å². The molecule has 0 bridgehead atoms. The lowest BCUT2D eigenvalue weighted by Gasteiger charge is -2.26. The number of rotatable bonds is 2. The fraction of sp³-hybridized carbons (Fsp3) is 0.200. The van der Waals surface area contributed by atoms with Gasteiger partial charge in [-0.1, -0.05) is 42.5 Å². The van der Waals surface area contributed by atoms with E-state index in [-0.39, 0.29) is 5.91 Å². The number of hydrogen-bond donors (Lipinski definition) is 0. The zero-order valence-electron chi connectivity index (χ0n) is 13.6. The molecular weight excluding hydrogens is 427 g/mol. The minimum absolute atomic E-state index is 0.0259. The molecule has 0 aliphatic carbocycles. The molecule has 0 unspecified atom stereocenters. The van der Waals surface area contributed by atoms with Crippen LogP contribution in [0.3, 0.4) is 0 Å². The third kappa shape index (κ3) is 3.26. The predicted octanol–water partition coefficient (Wildman–Crippen LogP) is 3.98. The number of carbonyl (C=O) groups is 1. The van der Waals surface area contributed by atoms with Gasteiger partial charge in [0.1, 0.15) is 5.69 Å². The number of hydrogen-bond acceptors (Lipinski definition) is 3. The normalized spacial score (nSPS) is 14.7. The molecule has 5 heteroatoms. The summed E-state index contributed by atoms with van der Waals surface area (Å²) in [4.78, 5) is 19.5. The molecule has 4 rings (SSSR count). The molecule has 0 atom stereocenters. The molecule has 1 aromatic heterocycles. The molecule has 0 radical (unpaired) electrons. The maximum Gasteiger partial charge on any atom is 0.272 e. The van der Waals surface area contributed by atoms with E-state index in [2.05, 4.69) is 40.8 Å². The summed E-state index contributed by atoms with van der Waals surface area (Å²) in [5.74, 6) is -0.0259. The van der Waals surface area contributed by atoms with Crippen molar-refractivity contribution >= 4 is 39.4 Å². The molecule has 126 valence electrons. The highest BCUT2D eigenvalue weighted by molar-refractivity contribution is 14.1. The molecule has 1 amide bonds. The lowest BCUT2D eigenvalue weighted by atomic mass is 10.00. The Bertz CT molecular complexity index is 922. The molecule has 25 heavy (non-hydrogen) atoms. The number of carbonyl (C=O) groups excluding carboxylic acids is 1. The van der Waals surface area contributed by atoms with Crippen molar-refractivity contribution in [2.75, 3.05) is 26.3 Å². The average Bonchev–Trinajstić information content (AvgIpc) is 2.68. The van der Waals surface area contributed by atoms with Crippen LogP contribution in [0.1, 0.15) is 10.5 Å². The number of benzene rings is 2. The van der Waals surface area contributed by atoms with Crippen LogP contribution < -0.4 is 0 Å². The van der Waals surface area contributed by atoms with Crippen LogP contribution in [0.2, 0.25) is 0 Å². The minimum Gasteiger partial charge on any atom is -0.378 e. The van der Waals surface area contributed by atoms with Gasteiger partial charge in [-0.25, -0.2) is 4.98 Å². The summed E-state index contributed by atoms with van der Waals surface area (Å²) in [6.07, 6.45) is 0.